The third-order valence-electron chi connectivity index (χ3n) is 3.61. The number of pyridine rings is 1. The molecule has 1 heterocycles. The maximum Gasteiger partial charge on any atom is 0.271 e. The highest BCUT2D eigenvalue weighted by atomic mass is 16.2. The Kier molecular flexibility index (Phi) is 6.98. The molecule has 0 saturated heterocycles. The molecule has 0 aliphatic carbocycles. The van der Waals surface area contributed by atoms with Crippen molar-refractivity contribution in [3.63, 3.8) is 0 Å². The molecular weight excluding hydrogens is 286 g/mol. The van der Waals surface area contributed by atoms with Gasteiger partial charge >= 0.3 is 0 Å². The van der Waals surface area contributed by atoms with E-state index in [1.807, 2.05) is 30.3 Å². The average Bonchev–Trinajstić information content (AvgIpc) is 2.62. The van der Waals surface area contributed by atoms with Gasteiger partial charge in [-0.1, -0.05) is 56.5 Å². The van der Waals surface area contributed by atoms with Crippen LogP contribution >= 0.6 is 0 Å². The molecule has 1 aromatic carbocycles. The minimum atomic E-state index is -0.214. The molecule has 4 nitrogen and oxygen atoms in total. The molecule has 2 aromatic rings. The number of rotatable bonds is 8. The van der Waals surface area contributed by atoms with Gasteiger partial charge < -0.3 is 0 Å². The van der Waals surface area contributed by atoms with Gasteiger partial charge in [-0.25, -0.2) is 5.43 Å². The highest BCUT2D eigenvalue weighted by molar-refractivity contribution is 6.02. The second kappa shape index (κ2) is 9.51. The highest BCUT2D eigenvalue weighted by Crippen LogP contribution is 2.10. The number of hydrazone groups is 1. The molecule has 0 aliphatic rings. The molecule has 0 aliphatic heterocycles. The van der Waals surface area contributed by atoms with Crippen LogP contribution < -0.4 is 5.43 Å². The second-order valence-electron chi connectivity index (χ2n) is 5.41. The van der Waals surface area contributed by atoms with Crippen molar-refractivity contribution in [2.75, 3.05) is 0 Å². The Hall–Kier alpha value is -2.49. The summed E-state index contributed by atoms with van der Waals surface area (Å²) in [6, 6.07) is 13.4. The summed E-state index contributed by atoms with van der Waals surface area (Å²) in [6.45, 7) is 2.20. The first-order valence-electron chi connectivity index (χ1n) is 8.13. The predicted octanol–water partition coefficient (Wildman–Crippen LogP) is 4.19. The zero-order valence-electron chi connectivity index (χ0n) is 13.5. The number of carbonyl (C=O) groups is 1. The summed E-state index contributed by atoms with van der Waals surface area (Å²) in [4.78, 5) is 16.0. The van der Waals surface area contributed by atoms with Gasteiger partial charge in [-0.15, -0.1) is 0 Å². The van der Waals surface area contributed by atoms with Gasteiger partial charge in [0.1, 0.15) is 0 Å². The van der Waals surface area contributed by atoms with E-state index in [4.69, 9.17) is 0 Å². The standard InChI is InChI=1S/C19H23N3O/c1-2-3-4-8-11-18(16-9-6-5-7-10-16)21-22-19(23)17-12-14-20-15-13-17/h5-7,9-10,12-15H,2-4,8,11H2,1H3,(H,22,23). The van der Waals surface area contributed by atoms with Gasteiger partial charge in [0.05, 0.1) is 5.71 Å². The summed E-state index contributed by atoms with van der Waals surface area (Å²) < 4.78 is 0. The smallest absolute Gasteiger partial charge is 0.267 e. The van der Waals surface area contributed by atoms with Crippen molar-refractivity contribution < 1.29 is 4.79 Å². The van der Waals surface area contributed by atoms with Crippen molar-refractivity contribution in [2.45, 2.75) is 39.0 Å². The van der Waals surface area contributed by atoms with Crippen LogP contribution in [0.4, 0.5) is 0 Å². The molecule has 0 bridgehead atoms. The summed E-state index contributed by atoms with van der Waals surface area (Å²) in [5, 5.41) is 4.36. The van der Waals surface area contributed by atoms with E-state index in [1.165, 1.54) is 19.3 Å². The summed E-state index contributed by atoms with van der Waals surface area (Å²) in [6.07, 6.45) is 8.75. The number of carbonyl (C=O) groups excluding carboxylic acids is 1. The second-order valence-corrected chi connectivity index (χ2v) is 5.41. The third kappa shape index (κ3) is 5.66. The lowest BCUT2D eigenvalue weighted by atomic mass is 10.0. The van der Waals surface area contributed by atoms with Crippen molar-refractivity contribution in [1.82, 2.24) is 10.4 Å². The molecule has 1 N–H and O–H groups in total. The zero-order chi connectivity index (χ0) is 16.3. The summed E-state index contributed by atoms with van der Waals surface area (Å²) >= 11 is 0. The number of amides is 1. The van der Waals surface area contributed by atoms with E-state index < -0.39 is 0 Å². The summed E-state index contributed by atoms with van der Waals surface area (Å²) in [5.41, 5.74) is 5.19. The fraction of sp³-hybridized carbons (Fsp3) is 0.316. The van der Waals surface area contributed by atoms with Crippen LogP contribution in [0.2, 0.25) is 0 Å². The van der Waals surface area contributed by atoms with Crippen LogP contribution in [0.1, 0.15) is 54.9 Å². The average molecular weight is 309 g/mol. The third-order valence-corrected chi connectivity index (χ3v) is 3.61. The van der Waals surface area contributed by atoms with E-state index in [9.17, 15) is 4.79 Å². The van der Waals surface area contributed by atoms with Gasteiger partial charge in [-0.2, -0.15) is 5.10 Å². The minimum Gasteiger partial charge on any atom is -0.267 e. The number of nitrogens with zero attached hydrogens (tertiary/aromatic N) is 2. The monoisotopic (exact) mass is 309 g/mol. The van der Waals surface area contributed by atoms with Gasteiger partial charge in [0.2, 0.25) is 0 Å². The molecule has 23 heavy (non-hydrogen) atoms. The summed E-state index contributed by atoms with van der Waals surface area (Å²) in [5.74, 6) is -0.214. The Balaban J connectivity index is 2.05. The Bertz CT molecular complexity index is 624. The van der Waals surface area contributed by atoms with Gasteiger partial charge in [0.25, 0.3) is 5.91 Å². The number of benzene rings is 1. The van der Waals surface area contributed by atoms with Crippen molar-refractivity contribution in [3.8, 4) is 0 Å². The predicted molar refractivity (Wildman–Crippen MR) is 93.4 cm³/mol. The van der Waals surface area contributed by atoms with Crippen LogP contribution in [-0.4, -0.2) is 16.6 Å². The van der Waals surface area contributed by atoms with Crippen molar-refractivity contribution in [1.29, 1.82) is 0 Å². The van der Waals surface area contributed by atoms with Gasteiger partial charge in [-0.05, 0) is 30.5 Å². The van der Waals surface area contributed by atoms with E-state index in [2.05, 4.69) is 22.4 Å². The van der Waals surface area contributed by atoms with Crippen LogP contribution in [-0.2, 0) is 0 Å². The Morgan fingerprint density at radius 2 is 1.74 bits per heavy atom. The normalized spacial score (nSPS) is 11.3. The van der Waals surface area contributed by atoms with Gasteiger partial charge in [-0.3, -0.25) is 9.78 Å². The van der Waals surface area contributed by atoms with E-state index in [1.54, 1.807) is 24.5 Å². The molecule has 1 aromatic heterocycles. The zero-order valence-corrected chi connectivity index (χ0v) is 13.5. The molecule has 1 amide bonds. The fourth-order valence-electron chi connectivity index (χ4n) is 2.30. The Labute approximate surface area is 137 Å². The van der Waals surface area contributed by atoms with Crippen LogP contribution in [0.25, 0.3) is 0 Å². The molecule has 4 heteroatoms. The molecule has 0 fully saturated rings. The first-order chi connectivity index (χ1) is 11.3. The maximum atomic E-state index is 12.1. The fourth-order valence-corrected chi connectivity index (χ4v) is 2.30. The molecular formula is C19H23N3O. The Morgan fingerprint density at radius 1 is 1.00 bits per heavy atom. The summed E-state index contributed by atoms with van der Waals surface area (Å²) in [7, 11) is 0. The Morgan fingerprint density at radius 3 is 2.43 bits per heavy atom. The van der Waals surface area contributed by atoms with E-state index in [0.29, 0.717) is 5.56 Å². The quantitative estimate of drug-likeness (QED) is 0.451. The van der Waals surface area contributed by atoms with Crippen LogP contribution in [0, 0.1) is 0 Å². The van der Waals surface area contributed by atoms with E-state index in [-0.39, 0.29) is 5.91 Å². The maximum absolute atomic E-state index is 12.1. The minimum absolute atomic E-state index is 0.214. The van der Waals surface area contributed by atoms with Crippen molar-refractivity contribution in [2.24, 2.45) is 5.10 Å². The molecule has 120 valence electrons. The number of unbranched alkanes of at least 4 members (excludes halogenated alkanes) is 3. The SMILES string of the molecule is CCCCCCC(=NNC(=O)c1ccncc1)c1ccccc1. The molecule has 2 rings (SSSR count). The van der Waals surface area contributed by atoms with Crippen molar-refractivity contribution >= 4 is 11.6 Å². The number of hydrogen-bond acceptors (Lipinski definition) is 3. The highest BCUT2D eigenvalue weighted by Gasteiger charge is 2.07. The largest absolute Gasteiger partial charge is 0.271 e. The van der Waals surface area contributed by atoms with E-state index in [0.717, 1.165) is 24.1 Å². The molecule has 0 radical (unpaired) electrons. The molecule has 0 saturated carbocycles. The first kappa shape index (κ1) is 16.9. The lowest BCUT2D eigenvalue weighted by Crippen LogP contribution is -2.20. The lowest BCUT2D eigenvalue weighted by molar-refractivity contribution is 0.0954. The van der Waals surface area contributed by atoms with Crippen LogP contribution in [0.3, 0.4) is 0 Å². The van der Waals surface area contributed by atoms with Crippen LogP contribution in [0.15, 0.2) is 60.0 Å². The first-order valence-corrected chi connectivity index (χ1v) is 8.13. The number of aromatic nitrogens is 1. The molecule has 0 spiro atoms. The van der Waals surface area contributed by atoms with Crippen LogP contribution in [0.5, 0.6) is 0 Å². The number of nitrogens with one attached hydrogen (secondary N) is 1. The lowest BCUT2D eigenvalue weighted by Gasteiger charge is -2.08. The molecule has 0 unspecified atom stereocenters. The van der Waals surface area contributed by atoms with E-state index >= 15 is 0 Å². The number of hydrogen-bond donors (Lipinski definition) is 1. The topological polar surface area (TPSA) is 54.4 Å². The van der Waals surface area contributed by atoms with Crippen molar-refractivity contribution in [3.05, 3.63) is 66.0 Å². The molecule has 0 atom stereocenters. The van der Waals surface area contributed by atoms with Gasteiger partial charge in [0, 0.05) is 18.0 Å². The van der Waals surface area contributed by atoms with Gasteiger partial charge in [0.15, 0.2) is 0 Å².